The van der Waals surface area contributed by atoms with Crippen molar-refractivity contribution < 1.29 is 9.21 Å². The van der Waals surface area contributed by atoms with E-state index < -0.39 is 0 Å². The standard InChI is InChI=1S/C22H17N5O2/c1-15(28)25-17-9-18(26-6-2-3-7-26)11-19(10-17)27-13-24-20-8-16(4-5-21(20)27)22-12-23-14-29-22/h2-14H,1H3,(H,25,28). The second-order valence-electron chi connectivity index (χ2n) is 6.69. The number of imidazole rings is 1. The number of hydrogen-bond donors (Lipinski definition) is 1. The maximum absolute atomic E-state index is 11.6. The summed E-state index contributed by atoms with van der Waals surface area (Å²) in [5.74, 6) is 0.580. The molecule has 0 saturated heterocycles. The molecule has 0 unspecified atom stereocenters. The molecule has 29 heavy (non-hydrogen) atoms. The molecule has 0 saturated carbocycles. The van der Waals surface area contributed by atoms with Crippen LogP contribution in [0.25, 0.3) is 33.7 Å². The van der Waals surface area contributed by atoms with Gasteiger partial charge in [0.15, 0.2) is 12.2 Å². The van der Waals surface area contributed by atoms with Crippen molar-refractivity contribution in [1.29, 1.82) is 0 Å². The van der Waals surface area contributed by atoms with Crippen molar-refractivity contribution in [3.63, 3.8) is 0 Å². The molecule has 3 aromatic heterocycles. The van der Waals surface area contributed by atoms with E-state index in [9.17, 15) is 4.79 Å². The molecule has 0 bridgehead atoms. The number of fused-ring (bicyclic) bond motifs is 1. The highest BCUT2D eigenvalue weighted by Crippen LogP contribution is 2.27. The van der Waals surface area contributed by atoms with Crippen LogP contribution in [0.15, 0.2) is 84.3 Å². The summed E-state index contributed by atoms with van der Waals surface area (Å²) in [6, 6.07) is 15.8. The largest absolute Gasteiger partial charge is 0.444 e. The second-order valence-corrected chi connectivity index (χ2v) is 6.69. The predicted octanol–water partition coefficient (Wildman–Crippen LogP) is 4.43. The summed E-state index contributed by atoms with van der Waals surface area (Å²) in [7, 11) is 0. The lowest BCUT2D eigenvalue weighted by atomic mass is 10.1. The number of carbonyl (C=O) groups excluding carboxylic acids is 1. The lowest BCUT2D eigenvalue weighted by Crippen LogP contribution is -2.07. The molecule has 7 heteroatoms. The van der Waals surface area contributed by atoms with Crippen LogP contribution in [0.1, 0.15) is 6.92 Å². The van der Waals surface area contributed by atoms with E-state index in [1.54, 1.807) is 12.5 Å². The van der Waals surface area contributed by atoms with Crippen LogP contribution in [-0.2, 0) is 4.79 Å². The van der Waals surface area contributed by atoms with Gasteiger partial charge in [0.05, 0.1) is 22.9 Å². The summed E-state index contributed by atoms with van der Waals surface area (Å²) in [4.78, 5) is 20.1. The minimum atomic E-state index is -0.118. The Balaban J connectivity index is 1.63. The minimum absolute atomic E-state index is 0.118. The summed E-state index contributed by atoms with van der Waals surface area (Å²) in [5, 5.41) is 2.88. The van der Waals surface area contributed by atoms with E-state index in [0.717, 1.165) is 33.7 Å². The Kier molecular flexibility index (Phi) is 3.98. The van der Waals surface area contributed by atoms with E-state index in [2.05, 4.69) is 21.4 Å². The molecule has 0 radical (unpaired) electrons. The van der Waals surface area contributed by atoms with Crippen molar-refractivity contribution in [2.24, 2.45) is 0 Å². The summed E-state index contributed by atoms with van der Waals surface area (Å²) in [6.07, 6.45) is 8.80. The van der Waals surface area contributed by atoms with Crippen molar-refractivity contribution in [3.8, 4) is 22.7 Å². The van der Waals surface area contributed by atoms with Gasteiger partial charge in [-0.05, 0) is 48.5 Å². The molecular formula is C22H17N5O2. The first-order valence-corrected chi connectivity index (χ1v) is 9.10. The number of nitrogens with zero attached hydrogens (tertiary/aromatic N) is 4. The first-order valence-electron chi connectivity index (χ1n) is 9.10. The van der Waals surface area contributed by atoms with E-state index in [4.69, 9.17) is 4.42 Å². The van der Waals surface area contributed by atoms with Crippen LogP contribution < -0.4 is 5.32 Å². The van der Waals surface area contributed by atoms with Gasteiger partial charge in [-0.25, -0.2) is 9.97 Å². The lowest BCUT2D eigenvalue weighted by Gasteiger charge is -2.12. The number of amides is 1. The number of anilines is 1. The van der Waals surface area contributed by atoms with E-state index >= 15 is 0 Å². The average molecular weight is 383 g/mol. The number of oxazole rings is 1. The average Bonchev–Trinajstić information content (AvgIpc) is 3.48. The topological polar surface area (TPSA) is 77.9 Å². The molecule has 2 aromatic carbocycles. The Hall–Kier alpha value is -4.13. The third-order valence-electron chi connectivity index (χ3n) is 4.67. The van der Waals surface area contributed by atoms with Gasteiger partial charge in [0.1, 0.15) is 6.33 Å². The van der Waals surface area contributed by atoms with Crippen LogP contribution in [0, 0.1) is 0 Å². The van der Waals surface area contributed by atoms with Crippen LogP contribution in [0.3, 0.4) is 0 Å². The number of aromatic nitrogens is 4. The van der Waals surface area contributed by atoms with Crippen molar-refractivity contribution in [3.05, 3.63) is 79.8 Å². The van der Waals surface area contributed by atoms with Crippen LogP contribution in [-0.4, -0.2) is 25.0 Å². The molecule has 0 atom stereocenters. The monoisotopic (exact) mass is 383 g/mol. The third-order valence-corrected chi connectivity index (χ3v) is 4.67. The molecule has 0 aliphatic carbocycles. The second kappa shape index (κ2) is 6.79. The van der Waals surface area contributed by atoms with Crippen LogP contribution in [0.4, 0.5) is 5.69 Å². The van der Waals surface area contributed by atoms with Crippen LogP contribution in [0.5, 0.6) is 0 Å². The number of nitrogens with one attached hydrogen (secondary N) is 1. The normalized spacial score (nSPS) is 11.1. The fourth-order valence-corrected chi connectivity index (χ4v) is 3.40. The number of benzene rings is 2. The zero-order chi connectivity index (χ0) is 19.8. The third kappa shape index (κ3) is 3.19. The molecule has 5 aromatic rings. The summed E-state index contributed by atoms with van der Waals surface area (Å²) in [5.41, 5.74) is 5.27. The summed E-state index contributed by atoms with van der Waals surface area (Å²) >= 11 is 0. The fraction of sp³-hybridized carbons (Fsp3) is 0.0455. The lowest BCUT2D eigenvalue weighted by molar-refractivity contribution is -0.114. The van der Waals surface area contributed by atoms with Crippen molar-refractivity contribution in [2.45, 2.75) is 6.92 Å². The van der Waals surface area contributed by atoms with E-state index in [0.29, 0.717) is 5.76 Å². The number of carbonyl (C=O) groups is 1. The van der Waals surface area contributed by atoms with Gasteiger partial charge >= 0.3 is 0 Å². The number of rotatable bonds is 4. The Morgan fingerprint density at radius 2 is 1.90 bits per heavy atom. The minimum Gasteiger partial charge on any atom is -0.444 e. The quantitative estimate of drug-likeness (QED) is 0.498. The van der Waals surface area contributed by atoms with Crippen molar-refractivity contribution in [2.75, 3.05) is 5.32 Å². The highest BCUT2D eigenvalue weighted by molar-refractivity contribution is 5.90. The van der Waals surface area contributed by atoms with Crippen LogP contribution in [0.2, 0.25) is 0 Å². The highest BCUT2D eigenvalue weighted by Gasteiger charge is 2.11. The van der Waals surface area contributed by atoms with Crippen LogP contribution >= 0.6 is 0 Å². The molecule has 5 rings (SSSR count). The molecule has 0 aliphatic heterocycles. The molecule has 1 amide bonds. The van der Waals surface area contributed by atoms with Gasteiger partial charge in [-0.15, -0.1) is 0 Å². The first kappa shape index (κ1) is 17.0. The Labute approximate surface area is 166 Å². The molecule has 0 spiro atoms. The predicted molar refractivity (Wildman–Crippen MR) is 110 cm³/mol. The van der Waals surface area contributed by atoms with Crippen molar-refractivity contribution in [1.82, 2.24) is 19.1 Å². The van der Waals surface area contributed by atoms with Gasteiger partial charge in [-0.1, -0.05) is 0 Å². The zero-order valence-electron chi connectivity index (χ0n) is 15.6. The molecule has 0 aliphatic rings. The summed E-state index contributed by atoms with van der Waals surface area (Å²) < 4.78 is 9.37. The fourth-order valence-electron chi connectivity index (χ4n) is 3.40. The van der Waals surface area contributed by atoms with E-state index in [-0.39, 0.29) is 5.91 Å². The molecule has 7 nitrogen and oxygen atoms in total. The number of hydrogen-bond acceptors (Lipinski definition) is 4. The molecule has 3 heterocycles. The molecule has 142 valence electrons. The Bertz CT molecular complexity index is 1300. The van der Waals surface area contributed by atoms with Gasteiger partial charge in [-0.3, -0.25) is 9.36 Å². The maximum Gasteiger partial charge on any atom is 0.221 e. The first-order chi connectivity index (χ1) is 14.2. The summed E-state index contributed by atoms with van der Waals surface area (Å²) in [6.45, 7) is 1.50. The Morgan fingerprint density at radius 1 is 1.07 bits per heavy atom. The van der Waals surface area contributed by atoms with Gasteiger partial charge < -0.3 is 14.3 Å². The highest BCUT2D eigenvalue weighted by atomic mass is 16.3. The van der Waals surface area contributed by atoms with Gasteiger partial charge in [0.25, 0.3) is 0 Å². The van der Waals surface area contributed by atoms with E-state index in [1.807, 2.05) is 64.0 Å². The van der Waals surface area contributed by atoms with Crippen molar-refractivity contribution >= 4 is 22.6 Å². The maximum atomic E-state index is 11.6. The molecular weight excluding hydrogens is 366 g/mol. The van der Waals surface area contributed by atoms with Gasteiger partial charge in [0.2, 0.25) is 5.91 Å². The zero-order valence-corrected chi connectivity index (χ0v) is 15.6. The molecule has 1 N–H and O–H groups in total. The van der Waals surface area contributed by atoms with E-state index in [1.165, 1.54) is 13.3 Å². The van der Waals surface area contributed by atoms with Gasteiger partial charge in [-0.2, -0.15) is 0 Å². The Morgan fingerprint density at radius 3 is 2.66 bits per heavy atom. The smallest absolute Gasteiger partial charge is 0.221 e. The molecule has 0 fully saturated rings. The van der Waals surface area contributed by atoms with Gasteiger partial charge in [0, 0.05) is 36.3 Å². The SMILES string of the molecule is CC(=O)Nc1cc(-n2cccc2)cc(-n2cnc3cc(-c4cnco4)ccc32)c1.